The molecular formula is C18H18N4O2. The highest BCUT2D eigenvalue weighted by Crippen LogP contribution is 2.17. The van der Waals surface area contributed by atoms with Crippen molar-refractivity contribution in [2.24, 2.45) is 0 Å². The van der Waals surface area contributed by atoms with Gasteiger partial charge < -0.3 is 9.64 Å². The first-order valence-electron chi connectivity index (χ1n) is 7.49. The van der Waals surface area contributed by atoms with E-state index in [-0.39, 0.29) is 11.7 Å². The van der Waals surface area contributed by atoms with Gasteiger partial charge in [-0.1, -0.05) is 12.1 Å². The number of anilines is 1. The van der Waals surface area contributed by atoms with Crippen LogP contribution < -0.4 is 9.64 Å². The number of aromatic nitrogens is 3. The Morgan fingerprint density at radius 3 is 2.58 bits per heavy atom. The molecule has 0 unspecified atom stereocenters. The average molecular weight is 322 g/mol. The maximum atomic E-state index is 12.6. The van der Waals surface area contributed by atoms with Gasteiger partial charge in [0.15, 0.2) is 0 Å². The van der Waals surface area contributed by atoms with Gasteiger partial charge >= 0.3 is 0 Å². The van der Waals surface area contributed by atoms with Crippen molar-refractivity contribution in [3.8, 4) is 11.4 Å². The summed E-state index contributed by atoms with van der Waals surface area (Å²) in [6, 6.07) is 15.1. The zero-order valence-corrected chi connectivity index (χ0v) is 13.8. The van der Waals surface area contributed by atoms with Crippen molar-refractivity contribution in [3.05, 3.63) is 66.2 Å². The first-order valence-corrected chi connectivity index (χ1v) is 7.49. The number of rotatable bonds is 4. The minimum Gasteiger partial charge on any atom is -0.497 e. The number of ether oxygens (including phenoxy) is 1. The highest BCUT2D eigenvalue weighted by molar-refractivity contribution is 6.03. The molecule has 0 atom stereocenters. The van der Waals surface area contributed by atoms with E-state index >= 15 is 0 Å². The first kappa shape index (κ1) is 15.7. The molecule has 1 heterocycles. The molecule has 0 saturated carbocycles. The SMILES string of the molecule is COc1ccc(-n2cnc(C(=O)N(C)c3cccc(C)c3)n2)cc1. The number of hydrogen-bond acceptors (Lipinski definition) is 4. The molecular weight excluding hydrogens is 304 g/mol. The lowest BCUT2D eigenvalue weighted by atomic mass is 10.2. The molecule has 0 aliphatic carbocycles. The molecule has 0 spiro atoms. The van der Waals surface area contributed by atoms with Gasteiger partial charge in [-0.05, 0) is 48.9 Å². The van der Waals surface area contributed by atoms with Gasteiger partial charge in [-0.2, -0.15) is 0 Å². The van der Waals surface area contributed by atoms with E-state index in [9.17, 15) is 4.79 Å². The van der Waals surface area contributed by atoms with E-state index in [0.29, 0.717) is 0 Å². The van der Waals surface area contributed by atoms with Gasteiger partial charge in [-0.3, -0.25) is 4.79 Å². The largest absolute Gasteiger partial charge is 0.497 e. The number of methoxy groups -OCH3 is 1. The molecule has 0 saturated heterocycles. The van der Waals surface area contributed by atoms with Crippen molar-refractivity contribution in [1.29, 1.82) is 0 Å². The van der Waals surface area contributed by atoms with E-state index in [4.69, 9.17) is 4.74 Å². The van der Waals surface area contributed by atoms with Gasteiger partial charge in [0.2, 0.25) is 5.82 Å². The third-order valence-electron chi connectivity index (χ3n) is 3.71. The molecule has 0 bridgehead atoms. The van der Waals surface area contributed by atoms with E-state index < -0.39 is 0 Å². The van der Waals surface area contributed by atoms with Crippen LogP contribution in [0.1, 0.15) is 16.2 Å². The summed E-state index contributed by atoms with van der Waals surface area (Å²) in [4.78, 5) is 18.2. The molecule has 1 aromatic heterocycles. The highest BCUT2D eigenvalue weighted by Gasteiger charge is 2.18. The van der Waals surface area contributed by atoms with Crippen molar-refractivity contribution in [3.63, 3.8) is 0 Å². The van der Waals surface area contributed by atoms with Crippen molar-refractivity contribution >= 4 is 11.6 Å². The van der Waals surface area contributed by atoms with Crippen molar-refractivity contribution in [2.75, 3.05) is 19.1 Å². The van der Waals surface area contributed by atoms with Crippen LogP contribution in [0.15, 0.2) is 54.9 Å². The molecule has 24 heavy (non-hydrogen) atoms. The Kier molecular flexibility index (Phi) is 4.29. The third kappa shape index (κ3) is 3.12. The van der Waals surface area contributed by atoms with E-state index in [0.717, 1.165) is 22.7 Å². The van der Waals surface area contributed by atoms with Crippen LogP contribution in [0.3, 0.4) is 0 Å². The third-order valence-corrected chi connectivity index (χ3v) is 3.71. The van der Waals surface area contributed by atoms with Crippen LogP contribution in [0.4, 0.5) is 5.69 Å². The zero-order valence-electron chi connectivity index (χ0n) is 13.8. The maximum Gasteiger partial charge on any atom is 0.297 e. The monoisotopic (exact) mass is 322 g/mol. The summed E-state index contributed by atoms with van der Waals surface area (Å²) in [6.07, 6.45) is 1.53. The van der Waals surface area contributed by atoms with Gasteiger partial charge in [0, 0.05) is 12.7 Å². The molecule has 0 radical (unpaired) electrons. The topological polar surface area (TPSA) is 60.3 Å². The number of benzene rings is 2. The van der Waals surface area contributed by atoms with Crippen molar-refractivity contribution in [1.82, 2.24) is 14.8 Å². The van der Waals surface area contributed by atoms with Gasteiger partial charge in [0.05, 0.1) is 12.8 Å². The second kappa shape index (κ2) is 6.54. The van der Waals surface area contributed by atoms with Crippen LogP contribution in [-0.4, -0.2) is 34.8 Å². The fourth-order valence-corrected chi connectivity index (χ4v) is 2.32. The Bertz CT molecular complexity index is 855. The Labute approximate surface area is 140 Å². The van der Waals surface area contributed by atoms with Crippen molar-refractivity contribution < 1.29 is 9.53 Å². The van der Waals surface area contributed by atoms with E-state index in [1.54, 1.807) is 23.7 Å². The number of hydrogen-bond donors (Lipinski definition) is 0. The quantitative estimate of drug-likeness (QED) is 0.741. The number of amides is 1. The number of aryl methyl sites for hydroxylation is 1. The Morgan fingerprint density at radius 1 is 1.17 bits per heavy atom. The Balaban J connectivity index is 1.82. The van der Waals surface area contributed by atoms with E-state index in [1.807, 2.05) is 55.5 Å². The summed E-state index contributed by atoms with van der Waals surface area (Å²) in [5.74, 6) is 0.650. The predicted molar refractivity (Wildman–Crippen MR) is 91.8 cm³/mol. The maximum absolute atomic E-state index is 12.6. The molecule has 3 aromatic rings. The highest BCUT2D eigenvalue weighted by atomic mass is 16.5. The predicted octanol–water partition coefficient (Wildman–Crippen LogP) is 2.86. The van der Waals surface area contributed by atoms with Crippen molar-refractivity contribution in [2.45, 2.75) is 6.92 Å². The molecule has 0 aliphatic heterocycles. The molecule has 3 rings (SSSR count). The summed E-state index contributed by atoms with van der Waals surface area (Å²) in [5.41, 5.74) is 2.70. The van der Waals surface area contributed by atoms with Gasteiger partial charge in [0.25, 0.3) is 5.91 Å². The number of carbonyl (C=O) groups is 1. The lowest BCUT2D eigenvalue weighted by Gasteiger charge is -2.15. The van der Waals surface area contributed by atoms with Crippen LogP contribution >= 0.6 is 0 Å². The van der Waals surface area contributed by atoms with Gasteiger partial charge in [-0.25, -0.2) is 9.67 Å². The first-order chi connectivity index (χ1) is 11.6. The fraction of sp³-hybridized carbons (Fsp3) is 0.167. The summed E-state index contributed by atoms with van der Waals surface area (Å²) in [7, 11) is 3.33. The molecule has 0 fully saturated rings. The molecule has 0 N–H and O–H groups in total. The van der Waals surface area contributed by atoms with Crippen LogP contribution in [0, 0.1) is 6.92 Å². The minimum absolute atomic E-state index is 0.148. The minimum atomic E-state index is -0.257. The number of carbonyl (C=O) groups excluding carboxylic acids is 1. The lowest BCUT2D eigenvalue weighted by molar-refractivity contribution is 0.0983. The van der Waals surface area contributed by atoms with E-state index in [1.165, 1.54) is 6.33 Å². The second-order valence-corrected chi connectivity index (χ2v) is 5.41. The molecule has 122 valence electrons. The Hall–Kier alpha value is -3.15. The fourth-order valence-electron chi connectivity index (χ4n) is 2.32. The smallest absolute Gasteiger partial charge is 0.297 e. The summed E-state index contributed by atoms with van der Waals surface area (Å²) in [6.45, 7) is 1.98. The molecule has 1 amide bonds. The van der Waals surface area contributed by atoms with Gasteiger partial charge in [-0.15, -0.1) is 5.10 Å². The summed E-state index contributed by atoms with van der Waals surface area (Å²) < 4.78 is 6.70. The average Bonchev–Trinajstić information content (AvgIpc) is 3.10. The van der Waals surface area contributed by atoms with Crippen LogP contribution in [0.25, 0.3) is 5.69 Å². The molecule has 0 aliphatic rings. The number of nitrogens with zero attached hydrogens (tertiary/aromatic N) is 4. The molecule has 6 nitrogen and oxygen atoms in total. The molecule has 2 aromatic carbocycles. The summed E-state index contributed by atoms with van der Waals surface area (Å²) >= 11 is 0. The van der Waals surface area contributed by atoms with Crippen LogP contribution in [-0.2, 0) is 0 Å². The van der Waals surface area contributed by atoms with Crippen LogP contribution in [0.2, 0.25) is 0 Å². The molecule has 6 heteroatoms. The van der Waals surface area contributed by atoms with Gasteiger partial charge in [0.1, 0.15) is 12.1 Å². The lowest BCUT2D eigenvalue weighted by Crippen LogP contribution is -2.27. The normalized spacial score (nSPS) is 10.5. The Morgan fingerprint density at radius 2 is 1.92 bits per heavy atom. The van der Waals surface area contributed by atoms with Crippen LogP contribution in [0.5, 0.6) is 5.75 Å². The van der Waals surface area contributed by atoms with E-state index in [2.05, 4.69) is 10.1 Å². The summed E-state index contributed by atoms with van der Waals surface area (Å²) in [5, 5.41) is 4.28. The second-order valence-electron chi connectivity index (χ2n) is 5.41. The zero-order chi connectivity index (χ0) is 17.1. The standard InChI is InChI=1S/C18H18N4O2/c1-13-5-4-6-15(11-13)21(2)18(23)17-19-12-22(20-17)14-7-9-16(24-3)10-8-14/h4-12H,1-3H3.